The van der Waals surface area contributed by atoms with Crippen molar-refractivity contribution in [2.75, 3.05) is 19.8 Å². The largest absolute Gasteiger partial charge is 0.492 e. The predicted molar refractivity (Wildman–Crippen MR) is 150 cm³/mol. The smallest absolute Gasteiger partial charge is 0.363 e. The van der Waals surface area contributed by atoms with Crippen LogP contribution in [0.5, 0.6) is 0 Å². The minimum atomic E-state index is -3.72. The lowest BCUT2D eigenvalue weighted by Crippen LogP contribution is -2.48. The average molecular weight is 553 g/mol. The lowest BCUT2D eigenvalue weighted by Gasteiger charge is -2.39. The van der Waals surface area contributed by atoms with Crippen molar-refractivity contribution in [2.45, 2.75) is 52.0 Å². The van der Waals surface area contributed by atoms with Gasteiger partial charge < -0.3 is 28.0 Å². The molecule has 7 nitrogen and oxygen atoms in total. The molecule has 0 fully saturated rings. The Kier molecular flexibility index (Phi) is 11.3. The Balaban J connectivity index is 1.61. The maximum atomic E-state index is 14.0. The van der Waals surface area contributed by atoms with Gasteiger partial charge in [0.2, 0.25) is 0 Å². The fourth-order valence-electron chi connectivity index (χ4n) is 4.31. The van der Waals surface area contributed by atoms with Gasteiger partial charge in [-0.15, -0.1) is 0 Å². The van der Waals surface area contributed by atoms with Gasteiger partial charge in [0.25, 0.3) is 0 Å². The molecule has 8 heteroatoms. The summed E-state index contributed by atoms with van der Waals surface area (Å²) in [6.07, 6.45) is -0.449. The lowest BCUT2D eigenvalue weighted by atomic mass is 10.1. The van der Waals surface area contributed by atoms with Gasteiger partial charge in [-0.25, -0.2) is 0 Å². The molecule has 0 aliphatic carbocycles. The fraction of sp³-hybridized carbons (Fsp3) is 0.355. The van der Waals surface area contributed by atoms with E-state index in [4.69, 9.17) is 28.0 Å². The normalized spacial score (nSPS) is 19.3. The predicted octanol–water partition coefficient (Wildman–Crippen LogP) is 6.88. The first-order valence-electron chi connectivity index (χ1n) is 13.3. The summed E-state index contributed by atoms with van der Waals surface area (Å²) in [6, 6.07) is 29.6. The van der Waals surface area contributed by atoms with E-state index in [1.807, 2.05) is 91.0 Å². The van der Waals surface area contributed by atoms with Gasteiger partial charge in [-0.3, -0.25) is 4.57 Å². The summed E-state index contributed by atoms with van der Waals surface area (Å²) < 4.78 is 50.4. The van der Waals surface area contributed by atoms with E-state index < -0.39 is 25.9 Å². The maximum absolute atomic E-state index is 14.0. The summed E-state index contributed by atoms with van der Waals surface area (Å²) in [5.74, 6) is 0. The van der Waals surface area contributed by atoms with Crippen LogP contribution in [-0.4, -0.2) is 38.1 Å². The monoisotopic (exact) mass is 552 g/mol. The molecule has 3 aromatic carbocycles. The number of benzene rings is 3. The molecule has 1 aliphatic heterocycles. The van der Waals surface area contributed by atoms with E-state index in [0.717, 1.165) is 16.7 Å². The van der Waals surface area contributed by atoms with E-state index in [2.05, 4.69) is 0 Å². The zero-order valence-electron chi connectivity index (χ0n) is 22.5. The zero-order chi connectivity index (χ0) is 27.3. The minimum Gasteiger partial charge on any atom is -0.492 e. The number of ether oxygens (including phenoxy) is 4. The molecule has 0 N–H and O–H groups in total. The van der Waals surface area contributed by atoms with Crippen LogP contribution in [0.25, 0.3) is 0 Å². The molecule has 39 heavy (non-hydrogen) atoms. The van der Waals surface area contributed by atoms with Crippen molar-refractivity contribution >= 4 is 7.60 Å². The molecule has 0 spiro atoms. The molecule has 1 aliphatic rings. The van der Waals surface area contributed by atoms with Gasteiger partial charge in [0.05, 0.1) is 45.9 Å². The van der Waals surface area contributed by atoms with Crippen LogP contribution in [0.3, 0.4) is 0 Å². The zero-order valence-corrected chi connectivity index (χ0v) is 23.4. The Morgan fingerprint density at radius 2 is 1.18 bits per heavy atom. The third-order valence-electron chi connectivity index (χ3n) is 6.19. The van der Waals surface area contributed by atoms with E-state index in [-0.39, 0.29) is 26.4 Å². The molecule has 0 saturated carbocycles. The Morgan fingerprint density at radius 3 is 1.69 bits per heavy atom. The van der Waals surface area contributed by atoms with Gasteiger partial charge in [0, 0.05) is 0 Å². The third kappa shape index (κ3) is 8.36. The summed E-state index contributed by atoms with van der Waals surface area (Å²) in [7, 11) is -3.72. The van der Waals surface area contributed by atoms with E-state index >= 15 is 0 Å². The van der Waals surface area contributed by atoms with Crippen LogP contribution < -0.4 is 0 Å². The molecule has 4 rings (SSSR count). The van der Waals surface area contributed by atoms with Crippen molar-refractivity contribution in [1.82, 2.24) is 0 Å². The summed E-state index contributed by atoms with van der Waals surface area (Å²) in [5, 5.41) is 0.305. The van der Waals surface area contributed by atoms with Crippen LogP contribution in [0.4, 0.5) is 0 Å². The number of hydrogen-bond acceptors (Lipinski definition) is 7. The molecule has 3 aromatic rings. The second kappa shape index (κ2) is 15.1. The fourth-order valence-corrected chi connectivity index (χ4v) is 6.09. The molecule has 1 heterocycles. The summed E-state index contributed by atoms with van der Waals surface area (Å²) >= 11 is 0. The van der Waals surface area contributed by atoms with E-state index in [0.29, 0.717) is 18.5 Å². The highest BCUT2D eigenvalue weighted by Crippen LogP contribution is 2.59. The van der Waals surface area contributed by atoms with Gasteiger partial charge in [-0.2, -0.15) is 0 Å². The summed E-state index contributed by atoms with van der Waals surface area (Å²) in [6.45, 7) is 5.24. The van der Waals surface area contributed by atoms with Gasteiger partial charge in [-0.05, 0) is 30.5 Å². The van der Waals surface area contributed by atoms with Crippen molar-refractivity contribution in [2.24, 2.45) is 0 Å². The summed E-state index contributed by atoms with van der Waals surface area (Å²) in [4.78, 5) is 0. The molecule has 0 saturated heterocycles. The van der Waals surface area contributed by atoms with Gasteiger partial charge >= 0.3 is 7.60 Å². The van der Waals surface area contributed by atoms with E-state index in [1.54, 1.807) is 13.8 Å². The minimum absolute atomic E-state index is 0.208. The lowest BCUT2D eigenvalue weighted by molar-refractivity contribution is -0.150. The second-order valence-corrected chi connectivity index (χ2v) is 11.1. The average Bonchev–Trinajstić information content (AvgIpc) is 2.97. The Labute approximate surface area is 231 Å². The first kappa shape index (κ1) is 29.2. The van der Waals surface area contributed by atoms with Gasteiger partial charge in [-0.1, -0.05) is 91.0 Å². The Morgan fingerprint density at radius 1 is 0.692 bits per heavy atom. The van der Waals surface area contributed by atoms with Crippen LogP contribution in [0.2, 0.25) is 0 Å². The van der Waals surface area contributed by atoms with Crippen LogP contribution >= 0.6 is 7.60 Å². The highest BCUT2D eigenvalue weighted by atomic mass is 31.2. The van der Waals surface area contributed by atoms with Gasteiger partial charge in [0.15, 0.2) is 0 Å². The first-order chi connectivity index (χ1) is 19.1. The number of rotatable bonds is 15. The van der Waals surface area contributed by atoms with E-state index in [9.17, 15) is 4.57 Å². The molecule has 208 valence electrons. The Bertz CT molecular complexity index is 1180. The van der Waals surface area contributed by atoms with Crippen LogP contribution in [0.1, 0.15) is 30.5 Å². The number of hydrogen-bond donors (Lipinski definition) is 0. The SMILES string of the molecule is CCOP(=O)(OCC)C1=COC(COCc2ccccc2)[C@@H](OCc2ccccc2)[C@@H]1OCc1ccccc1. The standard InChI is InChI=1S/C31H37O7P/c1-3-37-39(32,38-4-2)29-24-34-28(23-33-20-25-14-8-5-9-15-25)30(35-21-26-16-10-6-11-17-26)31(29)36-22-27-18-12-7-13-19-27/h5-19,24,28,30-31H,3-4,20-23H2,1-2H3/t28?,30-,31-/m1/s1. The van der Waals surface area contributed by atoms with Crippen molar-refractivity contribution in [1.29, 1.82) is 0 Å². The van der Waals surface area contributed by atoms with Crippen molar-refractivity contribution < 1.29 is 32.6 Å². The second-order valence-electron chi connectivity index (χ2n) is 9.03. The molecule has 0 aromatic heterocycles. The van der Waals surface area contributed by atoms with Gasteiger partial charge in [0.1, 0.15) is 23.6 Å². The quantitative estimate of drug-likeness (QED) is 0.190. The highest BCUT2D eigenvalue weighted by molar-refractivity contribution is 7.58. The van der Waals surface area contributed by atoms with Crippen molar-refractivity contribution in [3.8, 4) is 0 Å². The van der Waals surface area contributed by atoms with Crippen LogP contribution in [0.15, 0.2) is 103 Å². The molecule has 0 amide bonds. The van der Waals surface area contributed by atoms with Crippen molar-refractivity contribution in [3.63, 3.8) is 0 Å². The molecule has 0 bridgehead atoms. The van der Waals surface area contributed by atoms with E-state index in [1.165, 1.54) is 6.26 Å². The van der Waals surface area contributed by atoms with Crippen LogP contribution in [-0.2, 0) is 52.4 Å². The molecular formula is C31H37O7P. The molecule has 1 unspecified atom stereocenters. The third-order valence-corrected chi connectivity index (χ3v) is 8.37. The topological polar surface area (TPSA) is 72.5 Å². The maximum Gasteiger partial charge on any atom is 0.363 e. The highest BCUT2D eigenvalue weighted by Gasteiger charge is 2.47. The molecular weight excluding hydrogens is 515 g/mol. The first-order valence-corrected chi connectivity index (χ1v) is 14.8. The molecule has 0 radical (unpaired) electrons. The Hall–Kier alpha value is -2.77. The van der Waals surface area contributed by atoms with Crippen molar-refractivity contribution in [3.05, 3.63) is 119 Å². The summed E-state index contributed by atoms with van der Waals surface area (Å²) in [5.41, 5.74) is 3.03. The molecule has 3 atom stereocenters. The van der Waals surface area contributed by atoms with Crippen LogP contribution in [0, 0.1) is 0 Å².